The molecular formula is C14H14N4O2S. The van der Waals surface area contributed by atoms with Gasteiger partial charge in [0.15, 0.2) is 0 Å². The average Bonchev–Trinajstić information content (AvgIpc) is 3.14. The highest BCUT2D eigenvalue weighted by molar-refractivity contribution is 8.14. The molecule has 108 valence electrons. The van der Waals surface area contributed by atoms with E-state index in [1.54, 1.807) is 11.7 Å². The molecule has 0 aliphatic carbocycles. The van der Waals surface area contributed by atoms with Crippen molar-refractivity contribution in [3.8, 4) is 5.69 Å². The standard InChI is InChI=1S/C14H14N4O2S/c1-9-11(14-16-12(8-21-14)13(19)17-20)7-15-18(9)10-5-3-2-4-6-10/h2-7,12,20H,8H2,1H3,(H,17,19)/t12-/m1/s1. The lowest BCUT2D eigenvalue weighted by Crippen LogP contribution is -2.31. The summed E-state index contributed by atoms with van der Waals surface area (Å²) in [4.78, 5) is 15.8. The molecule has 21 heavy (non-hydrogen) atoms. The van der Waals surface area contributed by atoms with Crippen molar-refractivity contribution in [3.05, 3.63) is 47.8 Å². The van der Waals surface area contributed by atoms with E-state index >= 15 is 0 Å². The third kappa shape index (κ3) is 2.57. The number of carbonyl (C=O) groups is 1. The van der Waals surface area contributed by atoms with Gasteiger partial charge in [0.1, 0.15) is 11.1 Å². The Morgan fingerprint density at radius 1 is 1.43 bits per heavy atom. The molecule has 0 saturated carbocycles. The molecule has 7 heteroatoms. The Labute approximate surface area is 125 Å². The zero-order chi connectivity index (χ0) is 14.8. The zero-order valence-corrected chi connectivity index (χ0v) is 12.2. The number of aromatic nitrogens is 2. The highest BCUT2D eigenvalue weighted by Gasteiger charge is 2.27. The van der Waals surface area contributed by atoms with Crippen LogP contribution in [0.1, 0.15) is 11.3 Å². The van der Waals surface area contributed by atoms with Crippen molar-refractivity contribution < 1.29 is 10.0 Å². The first kappa shape index (κ1) is 13.8. The van der Waals surface area contributed by atoms with Crippen LogP contribution in [0.15, 0.2) is 41.5 Å². The lowest BCUT2D eigenvalue weighted by Gasteiger charge is -2.04. The molecule has 6 nitrogen and oxygen atoms in total. The SMILES string of the molecule is Cc1c(C2=N[C@@H](C(=O)NO)CS2)cnn1-c1ccccc1. The normalized spacial score (nSPS) is 17.6. The van der Waals surface area contributed by atoms with E-state index in [-0.39, 0.29) is 0 Å². The first-order valence-corrected chi connectivity index (χ1v) is 7.44. The molecule has 1 aliphatic rings. The number of hydroxylamine groups is 1. The summed E-state index contributed by atoms with van der Waals surface area (Å²) in [6.07, 6.45) is 1.76. The van der Waals surface area contributed by atoms with Gasteiger partial charge in [0.05, 0.1) is 17.6 Å². The van der Waals surface area contributed by atoms with Gasteiger partial charge >= 0.3 is 0 Å². The van der Waals surface area contributed by atoms with Gasteiger partial charge in [0.2, 0.25) is 0 Å². The summed E-state index contributed by atoms with van der Waals surface area (Å²) in [6, 6.07) is 9.29. The molecule has 0 bridgehead atoms. The molecule has 2 aromatic rings. The van der Waals surface area contributed by atoms with E-state index in [1.165, 1.54) is 11.8 Å². The van der Waals surface area contributed by atoms with Crippen LogP contribution < -0.4 is 5.48 Å². The quantitative estimate of drug-likeness (QED) is 0.666. The Bertz CT molecular complexity index is 696. The van der Waals surface area contributed by atoms with Crippen molar-refractivity contribution in [3.63, 3.8) is 0 Å². The second-order valence-electron chi connectivity index (χ2n) is 4.63. The summed E-state index contributed by atoms with van der Waals surface area (Å²) in [7, 11) is 0. The monoisotopic (exact) mass is 302 g/mol. The molecule has 3 rings (SSSR count). The molecule has 1 aromatic heterocycles. The maximum atomic E-state index is 11.4. The summed E-state index contributed by atoms with van der Waals surface area (Å²) in [5.74, 6) is 0.0446. The molecule has 0 saturated heterocycles. The number of hydrogen-bond donors (Lipinski definition) is 2. The second-order valence-corrected chi connectivity index (χ2v) is 5.64. The van der Waals surface area contributed by atoms with Gasteiger partial charge in [-0.3, -0.25) is 15.0 Å². The van der Waals surface area contributed by atoms with Crippen molar-refractivity contribution in [1.29, 1.82) is 0 Å². The largest absolute Gasteiger partial charge is 0.289 e. The third-order valence-corrected chi connectivity index (χ3v) is 4.39. The van der Waals surface area contributed by atoms with Crippen LogP contribution in [-0.2, 0) is 4.79 Å². The Balaban J connectivity index is 1.92. The van der Waals surface area contributed by atoms with Gasteiger partial charge in [-0.05, 0) is 19.1 Å². The lowest BCUT2D eigenvalue weighted by molar-refractivity contribution is -0.129. The Hall–Kier alpha value is -2.12. The number of amides is 1. The number of hydrogen-bond acceptors (Lipinski definition) is 5. The number of aliphatic imine (C=N–C) groups is 1. The van der Waals surface area contributed by atoms with Gasteiger partial charge in [-0.1, -0.05) is 18.2 Å². The van der Waals surface area contributed by atoms with E-state index in [2.05, 4.69) is 10.1 Å². The van der Waals surface area contributed by atoms with E-state index in [0.717, 1.165) is 22.0 Å². The topological polar surface area (TPSA) is 79.5 Å². The summed E-state index contributed by atoms with van der Waals surface area (Å²) in [6.45, 7) is 1.97. The van der Waals surface area contributed by atoms with Gasteiger partial charge in [-0.25, -0.2) is 10.2 Å². The van der Waals surface area contributed by atoms with Crippen molar-refractivity contribution >= 4 is 22.7 Å². The number of benzene rings is 1. The van der Waals surface area contributed by atoms with Crippen molar-refractivity contribution in [2.75, 3.05) is 5.75 Å². The van der Waals surface area contributed by atoms with Crippen molar-refractivity contribution in [2.24, 2.45) is 4.99 Å². The number of nitrogens with one attached hydrogen (secondary N) is 1. The molecule has 0 spiro atoms. The molecular weight excluding hydrogens is 288 g/mol. The zero-order valence-electron chi connectivity index (χ0n) is 11.4. The fourth-order valence-corrected chi connectivity index (χ4v) is 3.28. The number of carbonyl (C=O) groups excluding carboxylic acids is 1. The number of nitrogens with zero attached hydrogens (tertiary/aromatic N) is 3. The molecule has 0 radical (unpaired) electrons. The first-order valence-electron chi connectivity index (χ1n) is 6.45. The van der Waals surface area contributed by atoms with Gasteiger partial charge in [-0.2, -0.15) is 5.10 Å². The van der Waals surface area contributed by atoms with Gasteiger partial charge in [0.25, 0.3) is 5.91 Å². The Kier molecular flexibility index (Phi) is 3.76. The average molecular weight is 302 g/mol. The molecule has 1 aromatic carbocycles. The summed E-state index contributed by atoms with van der Waals surface area (Å²) in [5, 5.41) is 13.8. The fraction of sp³-hybridized carbons (Fsp3) is 0.214. The van der Waals surface area contributed by atoms with E-state index < -0.39 is 11.9 Å². The first-order chi connectivity index (χ1) is 10.2. The van der Waals surface area contributed by atoms with E-state index in [4.69, 9.17) is 5.21 Å². The van der Waals surface area contributed by atoms with Crippen LogP contribution in [0.5, 0.6) is 0 Å². The van der Waals surface area contributed by atoms with Gasteiger partial charge < -0.3 is 0 Å². The predicted octanol–water partition coefficient (Wildman–Crippen LogP) is 1.55. The van der Waals surface area contributed by atoms with Crippen LogP contribution in [0.4, 0.5) is 0 Å². The van der Waals surface area contributed by atoms with Gasteiger partial charge in [0, 0.05) is 11.3 Å². The van der Waals surface area contributed by atoms with Crippen LogP contribution in [-0.4, -0.2) is 37.7 Å². The van der Waals surface area contributed by atoms with Crippen LogP contribution in [0.2, 0.25) is 0 Å². The summed E-state index contributed by atoms with van der Waals surface area (Å²) >= 11 is 1.49. The van der Waals surface area contributed by atoms with Crippen LogP contribution >= 0.6 is 11.8 Å². The minimum absolute atomic E-state index is 0.481. The van der Waals surface area contributed by atoms with E-state index in [1.807, 2.05) is 41.9 Å². The van der Waals surface area contributed by atoms with Crippen molar-refractivity contribution in [2.45, 2.75) is 13.0 Å². The summed E-state index contributed by atoms with van der Waals surface area (Å²) < 4.78 is 1.85. The maximum absolute atomic E-state index is 11.4. The number of thioether (sulfide) groups is 1. The van der Waals surface area contributed by atoms with Crippen LogP contribution in [0.3, 0.4) is 0 Å². The third-order valence-electron chi connectivity index (χ3n) is 3.30. The smallest absolute Gasteiger partial charge is 0.269 e. The van der Waals surface area contributed by atoms with Crippen LogP contribution in [0, 0.1) is 6.92 Å². The number of rotatable bonds is 3. The van der Waals surface area contributed by atoms with Gasteiger partial charge in [-0.15, -0.1) is 11.8 Å². The van der Waals surface area contributed by atoms with E-state index in [9.17, 15) is 4.79 Å². The van der Waals surface area contributed by atoms with Crippen molar-refractivity contribution in [1.82, 2.24) is 15.3 Å². The number of para-hydroxylation sites is 1. The second kappa shape index (κ2) is 5.71. The highest BCUT2D eigenvalue weighted by atomic mass is 32.2. The molecule has 0 unspecified atom stereocenters. The molecule has 1 aliphatic heterocycles. The highest BCUT2D eigenvalue weighted by Crippen LogP contribution is 2.26. The molecule has 1 amide bonds. The van der Waals surface area contributed by atoms with Crippen LogP contribution in [0.25, 0.3) is 5.69 Å². The Morgan fingerprint density at radius 2 is 2.19 bits per heavy atom. The van der Waals surface area contributed by atoms with E-state index in [0.29, 0.717) is 5.75 Å². The lowest BCUT2D eigenvalue weighted by atomic mass is 10.2. The molecule has 1 atom stereocenters. The Morgan fingerprint density at radius 3 is 2.90 bits per heavy atom. The minimum atomic E-state index is -0.547. The summed E-state index contributed by atoms with van der Waals surface area (Å²) in [5.41, 5.74) is 4.51. The molecule has 2 N–H and O–H groups in total. The molecule has 2 heterocycles. The molecule has 0 fully saturated rings. The predicted molar refractivity (Wildman–Crippen MR) is 81.0 cm³/mol. The maximum Gasteiger partial charge on any atom is 0.269 e. The minimum Gasteiger partial charge on any atom is -0.289 e. The fourth-order valence-electron chi connectivity index (χ4n) is 2.18.